The lowest BCUT2D eigenvalue weighted by Crippen LogP contribution is -1.98. The first kappa shape index (κ1) is 14.2. The molecule has 5 heteroatoms. The Bertz CT molecular complexity index is 667. The molecule has 0 bridgehead atoms. The van der Waals surface area contributed by atoms with Crippen LogP contribution in [0.1, 0.15) is 18.2 Å². The van der Waals surface area contributed by atoms with E-state index in [2.05, 4.69) is 32.8 Å². The number of aromatic nitrogens is 2. The summed E-state index contributed by atoms with van der Waals surface area (Å²) in [5, 5.41) is 0. The normalized spacial score (nSPS) is 10.5. The topological polar surface area (TPSA) is 37.9 Å². The summed E-state index contributed by atoms with van der Waals surface area (Å²) < 4.78 is 6.72. The second-order valence-electron chi connectivity index (χ2n) is 4.22. The van der Waals surface area contributed by atoms with E-state index >= 15 is 0 Å². The van der Waals surface area contributed by atoms with Crippen molar-refractivity contribution >= 4 is 28.1 Å². The molecule has 0 radical (unpaired) electrons. The van der Waals surface area contributed by atoms with Gasteiger partial charge in [0.1, 0.15) is 16.2 Å². The molecule has 1 aromatic carbocycles. The van der Waals surface area contributed by atoms with Gasteiger partial charge in [-0.25, -0.2) is 4.98 Å². The number of H-pyrrole nitrogens is 1. The van der Waals surface area contributed by atoms with Crippen molar-refractivity contribution in [1.82, 2.24) is 9.97 Å². The van der Waals surface area contributed by atoms with Crippen molar-refractivity contribution in [3.8, 4) is 17.1 Å². The fourth-order valence-electron chi connectivity index (χ4n) is 1.91. The van der Waals surface area contributed by atoms with Gasteiger partial charge in [-0.15, -0.1) is 0 Å². The van der Waals surface area contributed by atoms with Crippen LogP contribution in [0.4, 0.5) is 0 Å². The molecule has 0 unspecified atom stereocenters. The van der Waals surface area contributed by atoms with Gasteiger partial charge in [0.25, 0.3) is 0 Å². The summed E-state index contributed by atoms with van der Waals surface area (Å²) in [5.74, 6) is 1.66. The zero-order valence-corrected chi connectivity index (χ0v) is 13.5. The van der Waals surface area contributed by atoms with Gasteiger partial charge in [0, 0.05) is 11.3 Å². The SMILES string of the molecule is CCc1[nH]c(-c2ccc(OC)c(C)c2)nc(=S)c1Br. The molecule has 0 saturated heterocycles. The number of nitrogens with zero attached hydrogens (tertiary/aromatic N) is 1. The van der Waals surface area contributed by atoms with Gasteiger partial charge in [0.2, 0.25) is 0 Å². The molecule has 0 aliphatic carbocycles. The third-order valence-corrected chi connectivity index (χ3v) is 4.37. The lowest BCUT2D eigenvalue weighted by atomic mass is 10.1. The Labute approximate surface area is 126 Å². The van der Waals surface area contributed by atoms with Crippen LogP contribution in [0.25, 0.3) is 11.4 Å². The molecule has 0 fully saturated rings. The predicted molar refractivity (Wildman–Crippen MR) is 83.2 cm³/mol. The van der Waals surface area contributed by atoms with Crippen molar-refractivity contribution in [3.63, 3.8) is 0 Å². The van der Waals surface area contributed by atoms with Crippen LogP contribution in [0, 0.1) is 11.6 Å². The Kier molecular flexibility index (Phi) is 4.37. The molecular weight excluding hydrogens is 324 g/mol. The van der Waals surface area contributed by atoms with Crippen LogP contribution in [0.5, 0.6) is 5.75 Å². The van der Waals surface area contributed by atoms with E-state index in [1.807, 2.05) is 25.1 Å². The minimum atomic E-state index is 0.582. The lowest BCUT2D eigenvalue weighted by Gasteiger charge is -2.09. The van der Waals surface area contributed by atoms with E-state index in [4.69, 9.17) is 17.0 Å². The molecule has 0 spiro atoms. The van der Waals surface area contributed by atoms with Crippen LogP contribution in [-0.2, 0) is 6.42 Å². The molecule has 19 heavy (non-hydrogen) atoms. The number of hydrogen-bond donors (Lipinski definition) is 1. The first-order chi connectivity index (χ1) is 9.06. The van der Waals surface area contributed by atoms with Gasteiger partial charge in [-0.3, -0.25) is 0 Å². The molecule has 3 nitrogen and oxygen atoms in total. The number of hydrogen-bond acceptors (Lipinski definition) is 3. The molecule has 1 aromatic heterocycles. The molecule has 0 atom stereocenters. The summed E-state index contributed by atoms with van der Waals surface area (Å²) >= 11 is 8.74. The summed E-state index contributed by atoms with van der Waals surface area (Å²) in [6, 6.07) is 5.96. The van der Waals surface area contributed by atoms with Crippen molar-refractivity contribution in [1.29, 1.82) is 0 Å². The van der Waals surface area contributed by atoms with E-state index in [0.29, 0.717) is 4.64 Å². The highest BCUT2D eigenvalue weighted by molar-refractivity contribution is 9.10. The fourth-order valence-corrected chi connectivity index (χ4v) is 2.59. The number of halogens is 1. The molecule has 1 heterocycles. The molecular formula is C14H15BrN2OS. The standard InChI is InChI=1S/C14H15BrN2OS/c1-4-10-12(15)14(19)17-13(16-10)9-5-6-11(18-3)8(2)7-9/h5-7H,4H2,1-3H3,(H,16,17,19). The first-order valence-corrected chi connectivity index (χ1v) is 7.20. The highest BCUT2D eigenvalue weighted by Gasteiger charge is 2.08. The smallest absolute Gasteiger partial charge is 0.144 e. The molecule has 1 N–H and O–H groups in total. The van der Waals surface area contributed by atoms with E-state index in [1.165, 1.54) is 0 Å². The van der Waals surface area contributed by atoms with Crippen LogP contribution in [0.3, 0.4) is 0 Å². The number of methoxy groups -OCH3 is 1. The second-order valence-corrected chi connectivity index (χ2v) is 5.40. The lowest BCUT2D eigenvalue weighted by molar-refractivity contribution is 0.412. The highest BCUT2D eigenvalue weighted by atomic mass is 79.9. The van der Waals surface area contributed by atoms with Crippen molar-refractivity contribution in [3.05, 3.63) is 38.6 Å². The Balaban J connectivity index is 2.56. The third kappa shape index (κ3) is 2.87. The van der Waals surface area contributed by atoms with E-state index in [-0.39, 0.29) is 0 Å². The molecule has 0 aliphatic heterocycles. The Morgan fingerprint density at radius 2 is 2.16 bits per heavy atom. The summed E-state index contributed by atoms with van der Waals surface area (Å²) in [5.41, 5.74) is 3.14. The van der Waals surface area contributed by atoms with Crippen LogP contribution >= 0.6 is 28.1 Å². The third-order valence-electron chi connectivity index (χ3n) is 2.96. The van der Waals surface area contributed by atoms with Crippen LogP contribution in [-0.4, -0.2) is 17.1 Å². The number of ether oxygens (including phenoxy) is 1. The van der Waals surface area contributed by atoms with E-state index in [9.17, 15) is 0 Å². The number of rotatable bonds is 3. The zero-order chi connectivity index (χ0) is 14.0. The fraction of sp³-hybridized carbons (Fsp3) is 0.286. The average Bonchev–Trinajstić information content (AvgIpc) is 2.41. The molecule has 0 saturated carbocycles. The summed E-state index contributed by atoms with van der Waals surface area (Å²) in [7, 11) is 1.67. The Hall–Kier alpha value is -1.20. The summed E-state index contributed by atoms with van der Waals surface area (Å²) in [4.78, 5) is 7.74. The minimum absolute atomic E-state index is 0.582. The first-order valence-electron chi connectivity index (χ1n) is 6.00. The highest BCUT2D eigenvalue weighted by Crippen LogP contribution is 2.26. The summed E-state index contributed by atoms with van der Waals surface area (Å²) in [6.07, 6.45) is 0.870. The van der Waals surface area contributed by atoms with E-state index < -0.39 is 0 Å². The molecule has 2 rings (SSSR count). The van der Waals surface area contributed by atoms with Gasteiger partial charge in [-0.05, 0) is 53.0 Å². The van der Waals surface area contributed by atoms with E-state index in [1.54, 1.807) is 7.11 Å². The van der Waals surface area contributed by atoms with Gasteiger partial charge in [-0.1, -0.05) is 19.1 Å². The molecule has 0 aliphatic rings. The maximum atomic E-state index is 5.27. The minimum Gasteiger partial charge on any atom is -0.496 e. The second kappa shape index (κ2) is 5.84. The molecule has 2 aromatic rings. The quantitative estimate of drug-likeness (QED) is 0.840. The van der Waals surface area contributed by atoms with Crippen LogP contribution < -0.4 is 4.74 Å². The van der Waals surface area contributed by atoms with Gasteiger partial charge in [-0.2, -0.15) is 0 Å². The van der Waals surface area contributed by atoms with Crippen molar-refractivity contribution < 1.29 is 4.74 Å². The van der Waals surface area contributed by atoms with Crippen molar-refractivity contribution in [2.45, 2.75) is 20.3 Å². The predicted octanol–water partition coefficient (Wildman–Crippen LogP) is 4.45. The maximum Gasteiger partial charge on any atom is 0.144 e. The van der Waals surface area contributed by atoms with E-state index in [0.717, 1.165) is 39.3 Å². The van der Waals surface area contributed by atoms with Gasteiger partial charge < -0.3 is 9.72 Å². The van der Waals surface area contributed by atoms with Crippen LogP contribution in [0.15, 0.2) is 22.7 Å². The Morgan fingerprint density at radius 3 is 2.74 bits per heavy atom. The molecule has 100 valence electrons. The number of benzene rings is 1. The van der Waals surface area contributed by atoms with Crippen molar-refractivity contribution in [2.75, 3.05) is 7.11 Å². The average molecular weight is 339 g/mol. The summed E-state index contributed by atoms with van der Waals surface area (Å²) in [6.45, 7) is 4.09. The monoisotopic (exact) mass is 338 g/mol. The van der Waals surface area contributed by atoms with Gasteiger partial charge >= 0.3 is 0 Å². The van der Waals surface area contributed by atoms with Crippen molar-refractivity contribution in [2.24, 2.45) is 0 Å². The largest absolute Gasteiger partial charge is 0.496 e. The number of aromatic amines is 1. The molecule has 0 amide bonds. The Morgan fingerprint density at radius 1 is 1.42 bits per heavy atom. The van der Waals surface area contributed by atoms with Crippen LogP contribution in [0.2, 0.25) is 0 Å². The number of nitrogens with one attached hydrogen (secondary N) is 1. The zero-order valence-electron chi connectivity index (χ0n) is 11.1. The van der Waals surface area contributed by atoms with Gasteiger partial charge in [0.15, 0.2) is 0 Å². The number of aryl methyl sites for hydroxylation is 2. The van der Waals surface area contributed by atoms with Gasteiger partial charge in [0.05, 0.1) is 11.6 Å². The maximum absolute atomic E-state index is 5.27.